The highest BCUT2D eigenvalue weighted by atomic mass is 16.3. The van der Waals surface area contributed by atoms with Gasteiger partial charge in [0.25, 0.3) is 0 Å². The standard InChI is InChI=1S/C7H14N2O/c1-2-7(10)4-3-5-9(8)6-7/h2,10H,1,3-6,8H2/t7-/m1/s1. The summed E-state index contributed by atoms with van der Waals surface area (Å²) >= 11 is 0. The first-order valence-corrected chi connectivity index (χ1v) is 3.52. The molecule has 0 aromatic rings. The predicted octanol–water partition coefficient (Wildman–Crippen LogP) is -0.127. The van der Waals surface area contributed by atoms with Gasteiger partial charge in [-0.3, -0.25) is 5.84 Å². The second-order valence-corrected chi connectivity index (χ2v) is 2.88. The third-order valence-corrected chi connectivity index (χ3v) is 1.91. The number of piperidine rings is 1. The number of β-amino-alcohol motifs (C(OH)–C–C–N with tert-alkyl or cyclic N) is 1. The van der Waals surface area contributed by atoms with E-state index < -0.39 is 5.60 Å². The van der Waals surface area contributed by atoms with Crippen LogP contribution in [0.25, 0.3) is 0 Å². The summed E-state index contributed by atoms with van der Waals surface area (Å²) in [7, 11) is 0. The van der Waals surface area contributed by atoms with Crippen LogP contribution in [0.5, 0.6) is 0 Å². The van der Waals surface area contributed by atoms with Crippen LogP contribution < -0.4 is 5.84 Å². The molecule has 0 unspecified atom stereocenters. The Kier molecular flexibility index (Phi) is 2.08. The highest BCUT2D eigenvalue weighted by Crippen LogP contribution is 2.19. The minimum atomic E-state index is -0.743. The summed E-state index contributed by atoms with van der Waals surface area (Å²) in [5, 5.41) is 11.2. The van der Waals surface area contributed by atoms with Gasteiger partial charge in [-0.2, -0.15) is 0 Å². The van der Waals surface area contributed by atoms with Gasteiger partial charge in [-0.05, 0) is 12.8 Å². The summed E-state index contributed by atoms with van der Waals surface area (Å²) < 4.78 is 0. The number of nitrogens with two attached hydrogens (primary N) is 1. The van der Waals surface area contributed by atoms with Crippen LogP contribution in [0.2, 0.25) is 0 Å². The largest absolute Gasteiger partial charge is 0.384 e. The van der Waals surface area contributed by atoms with Crippen molar-refractivity contribution in [3.8, 4) is 0 Å². The summed E-state index contributed by atoms with van der Waals surface area (Å²) in [6, 6.07) is 0. The number of rotatable bonds is 1. The van der Waals surface area contributed by atoms with Crippen molar-refractivity contribution in [2.75, 3.05) is 13.1 Å². The van der Waals surface area contributed by atoms with Crippen LogP contribution >= 0.6 is 0 Å². The molecule has 0 amide bonds. The van der Waals surface area contributed by atoms with E-state index in [1.165, 1.54) is 0 Å². The van der Waals surface area contributed by atoms with E-state index in [4.69, 9.17) is 5.84 Å². The fraction of sp³-hybridized carbons (Fsp3) is 0.714. The molecule has 58 valence electrons. The van der Waals surface area contributed by atoms with Crippen LogP contribution in [0.4, 0.5) is 0 Å². The smallest absolute Gasteiger partial charge is 0.0965 e. The molecule has 1 saturated heterocycles. The zero-order valence-corrected chi connectivity index (χ0v) is 6.08. The zero-order valence-electron chi connectivity index (χ0n) is 6.08. The molecule has 0 aliphatic carbocycles. The molecule has 0 bridgehead atoms. The molecule has 3 N–H and O–H groups in total. The third kappa shape index (κ3) is 1.56. The Labute approximate surface area is 61.1 Å². The first kappa shape index (κ1) is 7.72. The van der Waals surface area contributed by atoms with E-state index in [2.05, 4.69) is 6.58 Å². The van der Waals surface area contributed by atoms with Gasteiger partial charge in [-0.25, -0.2) is 5.01 Å². The Hall–Kier alpha value is -0.380. The van der Waals surface area contributed by atoms with Crippen molar-refractivity contribution in [2.24, 2.45) is 5.84 Å². The second kappa shape index (κ2) is 2.70. The number of hydrogen-bond acceptors (Lipinski definition) is 3. The normalized spacial score (nSPS) is 35.8. The minimum Gasteiger partial charge on any atom is -0.384 e. The fourth-order valence-corrected chi connectivity index (χ4v) is 1.26. The van der Waals surface area contributed by atoms with Gasteiger partial charge in [0.05, 0.1) is 5.60 Å². The molecule has 0 aromatic heterocycles. The van der Waals surface area contributed by atoms with E-state index in [0.29, 0.717) is 6.54 Å². The van der Waals surface area contributed by atoms with E-state index in [1.807, 2.05) is 0 Å². The maximum absolute atomic E-state index is 9.61. The van der Waals surface area contributed by atoms with E-state index in [9.17, 15) is 5.11 Å². The van der Waals surface area contributed by atoms with Crippen molar-refractivity contribution in [3.63, 3.8) is 0 Å². The van der Waals surface area contributed by atoms with E-state index in [-0.39, 0.29) is 0 Å². The summed E-state index contributed by atoms with van der Waals surface area (Å²) in [6.45, 7) is 4.94. The zero-order chi connectivity index (χ0) is 7.61. The Bertz CT molecular complexity index is 138. The van der Waals surface area contributed by atoms with Gasteiger partial charge in [0.1, 0.15) is 0 Å². The number of nitrogens with zero attached hydrogens (tertiary/aromatic N) is 1. The van der Waals surface area contributed by atoms with Crippen LogP contribution in [0.1, 0.15) is 12.8 Å². The van der Waals surface area contributed by atoms with Crippen LogP contribution in [0.15, 0.2) is 12.7 Å². The minimum absolute atomic E-state index is 0.510. The lowest BCUT2D eigenvalue weighted by Gasteiger charge is -2.34. The molecule has 1 rings (SSSR count). The Balaban J connectivity index is 2.53. The SMILES string of the molecule is C=C[C@@]1(O)CCCN(N)C1. The topological polar surface area (TPSA) is 49.5 Å². The van der Waals surface area contributed by atoms with Crippen molar-refractivity contribution in [2.45, 2.75) is 18.4 Å². The monoisotopic (exact) mass is 142 g/mol. The van der Waals surface area contributed by atoms with Crippen molar-refractivity contribution < 1.29 is 5.11 Å². The molecule has 0 radical (unpaired) electrons. The summed E-state index contributed by atoms with van der Waals surface area (Å²) in [4.78, 5) is 0. The maximum Gasteiger partial charge on any atom is 0.0965 e. The number of hydrogen-bond donors (Lipinski definition) is 2. The molecule has 10 heavy (non-hydrogen) atoms. The summed E-state index contributed by atoms with van der Waals surface area (Å²) in [5.74, 6) is 5.51. The average molecular weight is 142 g/mol. The van der Waals surface area contributed by atoms with Gasteiger partial charge >= 0.3 is 0 Å². The quantitative estimate of drug-likeness (QED) is 0.396. The van der Waals surface area contributed by atoms with E-state index in [0.717, 1.165) is 19.4 Å². The second-order valence-electron chi connectivity index (χ2n) is 2.88. The molecule has 0 saturated carbocycles. The van der Waals surface area contributed by atoms with Crippen LogP contribution in [-0.2, 0) is 0 Å². The lowest BCUT2D eigenvalue weighted by molar-refractivity contribution is 0.00836. The van der Waals surface area contributed by atoms with Crippen LogP contribution in [-0.4, -0.2) is 28.8 Å². The third-order valence-electron chi connectivity index (χ3n) is 1.91. The lowest BCUT2D eigenvalue weighted by atomic mass is 9.94. The van der Waals surface area contributed by atoms with E-state index in [1.54, 1.807) is 11.1 Å². The molecular weight excluding hydrogens is 128 g/mol. The van der Waals surface area contributed by atoms with Crippen molar-refractivity contribution >= 4 is 0 Å². The fourth-order valence-electron chi connectivity index (χ4n) is 1.26. The van der Waals surface area contributed by atoms with Gasteiger partial charge < -0.3 is 5.11 Å². The van der Waals surface area contributed by atoms with Crippen LogP contribution in [0, 0.1) is 0 Å². The first-order chi connectivity index (χ1) is 4.66. The molecule has 1 atom stereocenters. The van der Waals surface area contributed by atoms with Gasteiger partial charge in [0.15, 0.2) is 0 Å². The van der Waals surface area contributed by atoms with Crippen LogP contribution in [0.3, 0.4) is 0 Å². The van der Waals surface area contributed by atoms with Gasteiger partial charge in [0.2, 0.25) is 0 Å². The first-order valence-electron chi connectivity index (χ1n) is 3.52. The van der Waals surface area contributed by atoms with Crippen molar-refractivity contribution in [1.82, 2.24) is 5.01 Å². The molecule has 3 nitrogen and oxygen atoms in total. The summed E-state index contributed by atoms with van der Waals surface area (Å²) in [5.41, 5.74) is -0.743. The molecule has 3 heteroatoms. The Morgan fingerprint density at radius 1 is 1.70 bits per heavy atom. The highest BCUT2D eigenvalue weighted by molar-refractivity contribution is 4.99. The summed E-state index contributed by atoms with van der Waals surface area (Å²) in [6.07, 6.45) is 3.30. The molecule has 1 aliphatic heterocycles. The number of hydrazine groups is 1. The highest BCUT2D eigenvalue weighted by Gasteiger charge is 2.28. The molecule has 1 aliphatic rings. The van der Waals surface area contributed by atoms with Gasteiger partial charge in [-0.15, -0.1) is 6.58 Å². The van der Waals surface area contributed by atoms with E-state index >= 15 is 0 Å². The van der Waals surface area contributed by atoms with Gasteiger partial charge in [-0.1, -0.05) is 6.08 Å². The maximum atomic E-state index is 9.61. The Morgan fingerprint density at radius 2 is 2.40 bits per heavy atom. The van der Waals surface area contributed by atoms with Crippen molar-refractivity contribution in [3.05, 3.63) is 12.7 Å². The van der Waals surface area contributed by atoms with Gasteiger partial charge in [0, 0.05) is 13.1 Å². The number of aliphatic hydroxyl groups is 1. The predicted molar refractivity (Wildman–Crippen MR) is 40.1 cm³/mol. The Morgan fingerprint density at radius 3 is 2.80 bits per heavy atom. The molecule has 0 aromatic carbocycles. The molecule has 0 spiro atoms. The molecular formula is C7H14N2O. The molecule has 1 fully saturated rings. The molecule has 1 heterocycles. The van der Waals surface area contributed by atoms with Crippen molar-refractivity contribution in [1.29, 1.82) is 0 Å². The lowest BCUT2D eigenvalue weighted by Crippen LogP contribution is -2.49. The average Bonchev–Trinajstić information content (AvgIpc) is 1.88.